The molecule has 100 valence electrons. The van der Waals surface area contributed by atoms with Gasteiger partial charge in [0.2, 0.25) is 0 Å². The first-order valence-corrected chi connectivity index (χ1v) is 6.34. The molecule has 0 unspecified atom stereocenters. The minimum atomic E-state index is -0.340. The van der Waals surface area contributed by atoms with Crippen molar-refractivity contribution in [2.45, 2.75) is 13.3 Å². The number of nitrogens with zero attached hydrogens (tertiary/aromatic N) is 1. The number of benzene rings is 1. The number of anilines is 1. The van der Waals surface area contributed by atoms with Crippen molar-refractivity contribution in [2.75, 3.05) is 18.5 Å². The lowest BCUT2D eigenvalue weighted by Crippen LogP contribution is -2.05. The minimum Gasteiger partial charge on any atom is -0.491 e. The van der Waals surface area contributed by atoms with Crippen molar-refractivity contribution >= 4 is 5.69 Å². The van der Waals surface area contributed by atoms with Gasteiger partial charge in [0.05, 0.1) is 6.61 Å². The van der Waals surface area contributed by atoms with E-state index in [2.05, 4.69) is 10.3 Å². The monoisotopic (exact) mass is 260 g/mol. The zero-order valence-corrected chi connectivity index (χ0v) is 10.9. The Kier molecular flexibility index (Phi) is 4.72. The van der Waals surface area contributed by atoms with Gasteiger partial charge in [0.15, 0.2) is 11.6 Å². The highest BCUT2D eigenvalue weighted by atomic mass is 19.1. The normalized spacial score (nSPS) is 10.2. The maximum Gasteiger partial charge on any atom is 0.167 e. The van der Waals surface area contributed by atoms with E-state index in [1.54, 1.807) is 12.3 Å². The van der Waals surface area contributed by atoms with Crippen molar-refractivity contribution in [2.24, 2.45) is 0 Å². The summed E-state index contributed by atoms with van der Waals surface area (Å²) in [5.74, 6) is -0.0477. The number of rotatable bonds is 6. The van der Waals surface area contributed by atoms with Crippen LogP contribution in [0.25, 0.3) is 0 Å². The number of halogens is 1. The maximum atomic E-state index is 13.6. The molecule has 3 nitrogen and oxygen atoms in total. The van der Waals surface area contributed by atoms with E-state index in [9.17, 15) is 4.39 Å². The summed E-state index contributed by atoms with van der Waals surface area (Å²) in [7, 11) is 0. The van der Waals surface area contributed by atoms with Crippen molar-refractivity contribution in [1.29, 1.82) is 0 Å². The molecular weight excluding hydrogens is 243 g/mol. The SMILES string of the molecule is CCOc1ccc(NCCc2cccnc2)cc1F. The zero-order chi connectivity index (χ0) is 13.5. The van der Waals surface area contributed by atoms with Crippen LogP contribution in [0.4, 0.5) is 10.1 Å². The highest BCUT2D eigenvalue weighted by molar-refractivity contribution is 5.47. The van der Waals surface area contributed by atoms with E-state index in [0.717, 1.165) is 24.2 Å². The fraction of sp³-hybridized carbons (Fsp3) is 0.267. The van der Waals surface area contributed by atoms with Gasteiger partial charge >= 0.3 is 0 Å². The van der Waals surface area contributed by atoms with E-state index in [1.165, 1.54) is 6.07 Å². The molecule has 0 saturated heterocycles. The molecule has 0 amide bonds. The van der Waals surface area contributed by atoms with Gasteiger partial charge in [-0.3, -0.25) is 4.98 Å². The van der Waals surface area contributed by atoms with Crippen LogP contribution in [0.1, 0.15) is 12.5 Å². The highest BCUT2D eigenvalue weighted by Gasteiger charge is 2.03. The number of nitrogens with one attached hydrogen (secondary N) is 1. The summed E-state index contributed by atoms with van der Waals surface area (Å²) in [6.45, 7) is 3.03. The third kappa shape index (κ3) is 3.95. The molecule has 1 heterocycles. The first-order chi connectivity index (χ1) is 9.29. The lowest BCUT2D eigenvalue weighted by molar-refractivity contribution is 0.321. The van der Waals surface area contributed by atoms with Gasteiger partial charge < -0.3 is 10.1 Å². The van der Waals surface area contributed by atoms with Crippen molar-refractivity contribution in [3.63, 3.8) is 0 Å². The number of ether oxygens (including phenoxy) is 1. The summed E-state index contributed by atoms with van der Waals surface area (Å²) in [5.41, 5.74) is 1.91. The molecule has 0 aliphatic heterocycles. The minimum absolute atomic E-state index is 0.292. The topological polar surface area (TPSA) is 34.1 Å². The molecule has 0 bridgehead atoms. The van der Waals surface area contributed by atoms with Gasteiger partial charge in [-0.2, -0.15) is 0 Å². The van der Waals surface area contributed by atoms with Crippen LogP contribution in [-0.2, 0) is 6.42 Å². The molecule has 2 aromatic rings. The van der Waals surface area contributed by atoms with Gasteiger partial charge in [0.25, 0.3) is 0 Å². The Hall–Kier alpha value is -2.10. The van der Waals surface area contributed by atoms with E-state index >= 15 is 0 Å². The zero-order valence-electron chi connectivity index (χ0n) is 10.9. The Morgan fingerprint density at radius 3 is 2.89 bits per heavy atom. The number of hydrogen-bond acceptors (Lipinski definition) is 3. The van der Waals surface area contributed by atoms with Gasteiger partial charge in [-0.25, -0.2) is 4.39 Å². The Labute approximate surface area is 112 Å². The van der Waals surface area contributed by atoms with Crippen LogP contribution in [0, 0.1) is 5.82 Å². The van der Waals surface area contributed by atoms with Crippen LogP contribution in [0.3, 0.4) is 0 Å². The predicted molar refractivity (Wildman–Crippen MR) is 74.0 cm³/mol. The van der Waals surface area contributed by atoms with Gasteiger partial charge in [-0.05, 0) is 37.1 Å². The molecule has 2 rings (SSSR count). The lowest BCUT2D eigenvalue weighted by Gasteiger charge is -2.09. The third-order valence-corrected chi connectivity index (χ3v) is 2.70. The Bertz CT molecular complexity index is 517. The second-order valence-electron chi connectivity index (χ2n) is 4.12. The maximum absolute atomic E-state index is 13.6. The summed E-state index contributed by atoms with van der Waals surface area (Å²) < 4.78 is 18.8. The molecule has 0 saturated carbocycles. The van der Waals surface area contributed by atoms with E-state index < -0.39 is 0 Å². The van der Waals surface area contributed by atoms with Crippen LogP contribution in [0.2, 0.25) is 0 Å². The number of aromatic nitrogens is 1. The van der Waals surface area contributed by atoms with E-state index in [4.69, 9.17) is 4.74 Å². The summed E-state index contributed by atoms with van der Waals surface area (Å²) in [6, 6.07) is 8.84. The second-order valence-corrected chi connectivity index (χ2v) is 4.12. The first kappa shape index (κ1) is 13.3. The predicted octanol–water partition coefficient (Wildman–Crippen LogP) is 3.27. The molecule has 4 heteroatoms. The molecular formula is C15H17FN2O. The quantitative estimate of drug-likeness (QED) is 0.865. The average molecular weight is 260 g/mol. The van der Waals surface area contributed by atoms with Gasteiger partial charge in [-0.1, -0.05) is 6.07 Å². The van der Waals surface area contributed by atoms with Crippen LogP contribution >= 0.6 is 0 Å². The smallest absolute Gasteiger partial charge is 0.167 e. The van der Waals surface area contributed by atoms with Crippen LogP contribution in [0.15, 0.2) is 42.7 Å². The molecule has 0 aliphatic rings. The molecule has 1 aromatic heterocycles. The number of hydrogen-bond donors (Lipinski definition) is 1. The molecule has 0 aliphatic carbocycles. The van der Waals surface area contributed by atoms with Crippen LogP contribution in [-0.4, -0.2) is 18.1 Å². The van der Waals surface area contributed by atoms with Crippen molar-refractivity contribution in [1.82, 2.24) is 4.98 Å². The summed E-state index contributed by atoms with van der Waals surface area (Å²) in [6.07, 6.45) is 4.43. The van der Waals surface area contributed by atoms with Crippen molar-refractivity contribution < 1.29 is 9.13 Å². The molecule has 19 heavy (non-hydrogen) atoms. The van der Waals surface area contributed by atoms with E-state index in [0.29, 0.717) is 12.4 Å². The summed E-state index contributed by atoms with van der Waals surface area (Å²) >= 11 is 0. The summed E-state index contributed by atoms with van der Waals surface area (Å²) in [4.78, 5) is 4.05. The molecule has 0 fully saturated rings. The first-order valence-electron chi connectivity index (χ1n) is 6.34. The van der Waals surface area contributed by atoms with Gasteiger partial charge in [-0.15, -0.1) is 0 Å². The van der Waals surface area contributed by atoms with Crippen LogP contribution in [0.5, 0.6) is 5.75 Å². The fourth-order valence-electron chi connectivity index (χ4n) is 1.78. The third-order valence-electron chi connectivity index (χ3n) is 2.70. The largest absolute Gasteiger partial charge is 0.491 e. The number of pyridine rings is 1. The molecule has 1 N–H and O–H groups in total. The second kappa shape index (κ2) is 6.73. The van der Waals surface area contributed by atoms with E-state index in [1.807, 2.05) is 31.3 Å². The summed E-state index contributed by atoms with van der Waals surface area (Å²) in [5, 5.41) is 3.18. The standard InChI is InChI=1S/C15H17FN2O/c1-2-19-15-6-5-13(10-14(15)16)18-9-7-12-4-3-8-17-11-12/h3-6,8,10-11,18H,2,7,9H2,1H3. The Balaban J connectivity index is 1.88. The van der Waals surface area contributed by atoms with Gasteiger partial charge in [0, 0.05) is 30.7 Å². The molecule has 0 radical (unpaired) electrons. The average Bonchev–Trinajstić information content (AvgIpc) is 2.43. The molecule has 0 atom stereocenters. The van der Waals surface area contributed by atoms with Crippen molar-refractivity contribution in [3.8, 4) is 5.75 Å². The fourth-order valence-corrected chi connectivity index (χ4v) is 1.78. The highest BCUT2D eigenvalue weighted by Crippen LogP contribution is 2.21. The van der Waals surface area contributed by atoms with Crippen molar-refractivity contribution in [3.05, 3.63) is 54.1 Å². The van der Waals surface area contributed by atoms with Gasteiger partial charge in [0.1, 0.15) is 0 Å². The van der Waals surface area contributed by atoms with E-state index in [-0.39, 0.29) is 5.82 Å². The molecule has 1 aromatic carbocycles. The lowest BCUT2D eigenvalue weighted by atomic mass is 10.2. The molecule has 0 spiro atoms. The Morgan fingerprint density at radius 2 is 2.21 bits per heavy atom. The Morgan fingerprint density at radius 1 is 1.32 bits per heavy atom. The van der Waals surface area contributed by atoms with Crippen LogP contribution < -0.4 is 10.1 Å².